The number of carbonyl (C=O) groups excluding carboxylic acids is 8. The Bertz CT molecular complexity index is 4420. The number of rotatable bonds is 28. The highest BCUT2D eigenvalue weighted by atomic mass is 32.2. The Morgan fingerprint density at radius 2 is 0.755 bits per heavy atom. The topological polar surface area (TPSA) is 192 Å². The summed E-state index contributed by atoms with van der Waals surface area (Å²) in [5.74, 6) is -5.42. The van der Waals surface area contributed by atoms with Gasteiger partial charge in [-0.3, -0.25) is 38.4 Å². The minimum absolute atomic E-state index is 0.0331. The van der Waals surface area contributed by atoms with Gasteiger partial charge >= 0.3 is 35.8 Å². The Labute approximate surface area is 667 Å². The third-order valence-electron chi connectivity index (χ3n) is 19.5. The summed E-state index contributed by atoms with van der Waals surface area (Å²) in [6.07, 6.45) is 5.63. The zero-order chi connectivity index (χ0) is 80.5. The number of ketones is 2. The minimum atomic E-state index is -1.50. The summed E-state index contributed by atoms with van der Waals surface area (Å²) in [6.45, 7) is 23.5. The number of carbonyl (C=O) groups is 8. The number of hydrogen-bond donors (Lipinski definition) is 0. The first kappa shape index (κ1) is 87.5. The molecular formula is C92H100O14S4. The van der Waals surface area contributed by atoms with Gasteiger partial charge in [0.05, 0.1) is 33.4 Å². The maximum absolute atomic E-state index is 14.0. The van der Waals surface area contributed by atoms with Gasteiger partial charge in [0.1, 0.15) is 11.6 Å². The summed E-state index contributed by atoms with van der Waals surface area (Å²) in [5, 5.41) is 0. The van der Waals surface area contributed by atoms with Gasteiger partial charge in [0.25, 0.3) is 11.6 Å². The van der Waals surface area contributed by atoms with Gasteiger partial charge in [-0.05, 0) is 148 Å². The molecule has 2 aliphatic heterocycles. The Kier molecular flexibility index (Phi) is 32.0. The number of Topliss-reactive ketones (excluding diaryl/α,β-unsaturated/α-hetero) is 2. The summed E-state index contributed by atoms with van der Waals surface area (Å²) in [4.78, 5) is 103. The highest BCUT2D eigenvalue weighted by Gasteiger charge is 2.54. The highest BCUT2D eigenvalue weighted by Crippen LogP contribution is 2.47. The lowest BCUT2D eigenvalue weighted by Crippen LogP contribution is -2.53. The molecular weight excluding hydrogens is 1460 g/mol. The van der Waals surface area contributed by atoms with E-state index in [4.69, 9.17) is 52.9 Å². The van der Waals surface area contributed by atoms with Gasteiger partial charge in [0.2, 0.25) is 0 Å². The molecule has 18 heteroatoms. The molecule has 8 aromatic carbocycles. The van der Waals surface area contributed by atoms with Crippen LogP contribution in [0.2, 0.25) is 0 Å². The molecule has 0 saturated carbocycles. The molecule has 2 fully saturated rings. The van der Waals surface area contributed by atoms with Crippen LogP contribution in [0.5, 0.6) is 0 Å². The van der Waals surface area contributed by atoms with E-state index in [0.717, 1.165) is 58.5 Å². The van der Waals surface area contributed by atoms with Crippen molar-refractivity contribution in [3.63, 3.8) is 0 Å². The van der Waals surface area contributed by atoms with E-state index in [1.807, 2.05) is 238 Å². The van der Waals surface area contributed by atoms with Crippen LogP contribution in [0.3, 0.4) is 0 Å². The number of methoxy groups -OCH3 is 2. The van der Waals surface area contributed by atoms with Crippen molar-refractivity contribution in [3.05, 3.63) is 299 Å². The predicted molar refractivity (Wildman–Crippen MR) is 447 cm³/mol. The molecule has 0 bridgehead atoms. The molecule has 10 rings (SSSR count). The maximum Gasteiger partial charge on any atom is 0.326 e. The van der Waals surface area contributed by atoms with Crippen molar-refractivity contribution in [2.45, 2.75) is 143 Å². The first-order valence-electron chi connectivity index (χ1n) is 36.4. The van der Waals surface area contributed by atoms with Crippen molar-refractivity contribution in [2.24, 2.45) is 21.7 Å². The van der Waals surface area contributed by atoms with E-state index in [-0.39, 0.29) is 54.1 Å². The number of hydrogen-bond acceptors (Lipinski definition) is 18. The summed E-state index contributed by atoms with van der Waals surface area (Å²) in [5.41, 5.74) is 4.98. The fourth-order valence-electron chi connectivity index (χ4n) is 13.1. The Morgan fingerprint density at radius 3 is 1.14 bits per heavy atom. The fraction of sp³-hybridized carbons (Fsp3) is 0.326. The van der Waals surface area contributed by atoms with Crippen LogP contribution in [0.4, 0.5) is 0 Å². The van der Waals surface area contributed by atoms with Crippen molar-refractivity contribution < 1.29 is 66.8 Å². The van der Waals surface area contributed by atoms with Crippen LogP contribution in [0.15, 0.2) is 244 Å². The molecule has 0 amide bonds. The van der Waals surface area contributed by atoms with Crippen LogP contribution >= 0.6 is 48.0 Å². The second-order valence-corrected chi connectivity index (χ2v) is 32.8. The summed E-state index contributed by atoms with van der Waals surface area (Å²) >= 11 is 14.4. The van der Waals surface area contributed by atoms with Crippen LogP contribution < -0.4 is 0 Å². The van der Waals surface area contributed by atoms with Gasteiger partial charge in [-0.2, -0.15) is 0 Å². The second-order valence-electron chi connectivity index (χ2n) is 29.5. The zero-order valence-electron chi connectivity index (χ0n) is 64.8. The van der Waals surface area contributed by atoms with E-state index in [1.165, 1.54) is 52.3 Å². The molecule has 2 heterocycles. The average molecular weight is 1560 g/mol. The van der Waals surface area contributed by atoms with E-state index in [9.17, 15) is 38.4 Å². The number of benzene rings is 8. The van der Waals surface area contributed by atoms with Crippen LogP contribution in [-0.2, 0) is 79.6 Å². The first-order chi connectivity index (χ1) is 52.2. The number of cyclic esters (lactones) is 4. The van der Waals surface area contributed by atoms with E-state index in [1.54, 1.807) is 52.5 Å². The monoisotopic (exact) mass is 1560 g/mol. The molecule has 2 aliphatic rings. The maximum atomic E-state index is 14.0. The van der Waals surface area contributed by atoms with E-state index >= 15 is 0 Å². The van der Waals surface area contributed by atoms with Gasteiger partial charge in [-0.15, -0.1) is 23.5 Å². The third-order valence-corrected chi connectivity index (χ3v) is 23.0. The lowest BCUT2D eigenvalue weighted by atomic mass is 9.69. The first-order valence-corrected chi connectivity index (χ1v) is 39.2. The van der Waals surface area contributed by atoms with Crippen molar-refractivity contribution in [2.75, 3.05) is 25.7 Å². The third kappa shape index (κ3) is 24.6. The number of thiocarbonyl (C=S) groups is 2. The van der Waals surface area contributed by atoms with Gasteiger partial charge in [0.15, 0.2) is 10.8 Å². The Morgan fingerprint density at radius 1 is 0.427 bits per heavy atom. The van der Waals surface area contributed by atoms with Crippen molar-refractivity contribution >= 4 is 116 Å². The molecule has 0 aliphatic carbocycles. The lowest BCUT2D eigenvalue weighted by Gasteiger charge is -2.38. The molecule has 14 nitrogen and oxygen atoms in total. The molecule has 6 atom stereocenters. The molecule has 0 spiro atoms. The molecule has 576 valence electrons. The van der Waals surface area contributed by atoms with Gasteiger partial charge in [-0.1, -0.05) is 280 Å². The second kappa shape index (κ2) is 40.3. The molecule has 0 radical (unpaired) electrons. The van der Waals surface area contributed by atoms with E-state index in [2.05, 4.69) is 25.3 Å². The number of ether oxygens (including phenoxy) is 6. The summed E-state index contributed by atoms with van der Waals surface area (Å²) in [7, 11) is 2.80. The van der Waals surface area contributed by atoms with Crippen LogP contribution in [-0.4, -0.2) is 93.1 Å². The molecule has 0 N–H and O–H groups in total. The SMILES string of the molecule is C=Cc1ccc(CC2(C)C(=O)OC(C)(C)OC2=O)cc1.C=Cc1ccccc1.COC(=O)C(C)(CC(CSC(=S)c1ccccc1)c1ccccc1)CC(CC(C(C)=O)c1ccccc1)c1ccc(CC2(C)C(=O)OC(C)(C)OC2=O)cc1.COC(=O)C(C)(CSC(=S)c1ccccc1)CC(C(C)=O)c1ccccc1. The molecule has 110 heavy (non-hydrogen) atoms. The molecule has 8 aromatic rings. The van der Waals surface area contributed by atoms with Gasteiger partial charge < -0.3 is 28.4 Å². The fourth-order valence-corrected chi connectivity index (χ4v) is 15.8. The normalized spacial score (nSPS) is 16.4. The number of thioether (sulfide) groups is 2. The molecule has 2 saturated heterocycles. The van der Waals surface area contributed by atoms with E-state index in [0.29, 0.717) is 37.2 Å². The lowest BCUT2D eigenvalue weighted by molar-refractivity contribution is -0.251. The Hall–Kier alpha value is -9.72. The van der Waals surface area contributed by atoms with Gasteiger partial charge in [-0.25, -0.2) is 0 Å². The van der Waals surface area contributed by atoms with Crippen molar-refractivity contribution in [3.8, 4) is 0 Å². The number of esters is 6. The largest absolute Gasteiger partial charge is 0.469 e. The summed E-state index contributed by atoms with van der Waals surface area (Å²) in [6, 6.07) is 74.3. The van der Waals surface area contributed by atoms with E-state index < -0.39 is 63.0 Å². The Balaban J connectivity index is 0.000000250. The van der Waals surface area contributed by atoms with Crippen molar-refractivity contribution in [1.29, 1.82) is 0 Å². The predicted octanol–water partition coefficient (Wildman–Crippen LogP) is 19.9. The highest BCUT2D eigenvalue weighted by molar-refractivity contribution is 8.24. The standard InChI is InChI=1S/C46H50O7S2.C22H24O3S2.C16H18O4.C8H8/c1-31(47)39(35-18-12-8-13-19-35)26-37(34-24-22-32(23-25-34)27-46(5)42(49)52-44(2,3)53-43(46)50)28-45(4,41(48)51-6)29-38(33-16-10-7-11-17-33)30-55-40(54)36-20-14-9-15-21-36;1-16(23)19(17-10-6-4-7-11-17)14-22(2,21(24)25-3)15-27-20(26)18-12-8-5-9-13-18;1-5-11-6-8-12(9-7-11)10-16(4)13(17)19-15(2,3)20-14(16)18;1-2-8-6-4-3-5-7-8/h7-25,37-39H,26-30H2,1-6H3;4-13,19H,14-15H2,1-3H3;5-9H,1,10H2,2-4H3;2-7H,1H2. The average Bonchev–Trinajstić information content (AvgIpc) is 0.779. The van der Waals surface area contributed by atoms with Crippen molar-refractivity contribution in [1.82, 2.24) is 0 Å². The smallest absolute Gasteiger partial charge is 0.326 e. The van der Waals surface area contributed by atoms with Crippen LogP contribution in [0.1, 0.15) is 174 Å². The van der Waals surface area contributed by atoms with Crippen LogP contribution in [0, 0.1) is 21.7 Å². The molecule has 0 aromatic heterocycles. The summed E-state index contributed by atoms with van der Waals surface area (Å²) < 4.78 is 33.4. The molecule has 6 unspecified atom stereocenters. The minimum Gasteiger partial charge on any atom is -0.469 e. The van der Waals surface area contributed by atoms with Crippen LogP contribution in [0.25, 0.3) is 12.2 Å². The van der Waals surface area contributed by atoms with Gasteiger partial charge in [0, 0.05) is 51.0 Å². The zero-order valence-corrected chi connectivity index (χ0v) is 68.1. The quantitative estimate of drug-likeness (QED) is 0.0194.